The molecule has 0 bridgehead atoms. The van der Waals surface area contributed by atoms with Crippen molar-refractivity contribution in [3.05, 3.63) is 95.1 Å². The largest absolute Gasteiger partial charge is 0.488 e. The van der Waals surface area contributed by atoms with E-state index in [4.69, 9.17) is 4.74 Å². The van der Waals surface area contributed by atoms with Crippen molar-refractivity contribution in [2.75, 3.05) is 0 Å². The first-order chi connectivity index (χ1) is 13.2. The number of ether oxygens (including phenoxy) is 1. The Bertz CT molecular complexity index is 899. The summed E-state index contributed by atoms with van der Waals surface area (Å²) >= 11 is 0. The Kier molecular flexibility index (Phi) is 5.16. The van der Waals surface area contributed by atoms with E-state index >= 15 is 0 Å². The van der Waals surface area contributed by atoms with Crippen molar-refractivity contribution in [1.29, 1.82) is 0 Å². The quantitative estimate of drug-likeness (QED) is 0.658. The molecule has 0 aliphatic heterocycles. The van der Waals surface area contributed by atoms with Crippen LogP contribution in [0, 0.1) is 12.7 Å². The minimum absolute atomic E-state index is 0.200. The van der Waals surface area contributed by atoms with Gasteiger partial charge in [-0.2, -0.15) is 0 Å². The Labute approximate surface area is 159 Å². The van der Waals surface area contributed by atoms with Gasteiger partial charge in [0.2, 0.25) is 0 Å². The summed E-state index contributed by atoms with van der Waals surface area (Å²) in [5.41, 5.74) is 4.12. The van der Waals surface area contributed by atoms with E-state index in [1.807, 2.05) is 49.4 Å². The zero-order valence-electron chi connectivity index (χ0n) is 15.4. The molecule has 2 aromatic carbocycles. The zero-order chi connectivity index (χ0) is 18.6. The molecule has 2 unspecified atom stereocenters. The molecule has 1 saturated carbocycles. The molecule has 0 spiro atoms. The SMILES string of the molecule is Cc1cc(F)cc(C2CC2NCc2ccncc2)c1OCc1ccccc1. The maximum atomic E-state index is 14.1. The van der Waals surface area contributed by atoms with Crippen molar-refractivity contribution in [3.8, 4) is 5.75 Å². The fourth-order valence-corrected chi connectivity index (χ4v) is 3.47. The maximum absolute atomic E-state index is 14.1. The van der Waals surface area contributed by atoms with Crippen LogP contribution in [-0.2, 0) is 13.2 Å². The number of nitrogens with one attached hydrogen (secondary N) is 1. The smallest absolute Gasteiger partial charge is 0.126 e. The van der Waals surface area contributed by atoms with Crippen LogP contribution in [0.3, 0.4) is 0 Å². The molecule has 1 aliphatic carbocycles. The average molecular weight is 362 g/mol. The van der Waals surface area contributed by atoms with Crippen molar-refractivity contribution in [2.24, 2.45) is 0 Å². The van der Waals surface area contributed by atoms with E-state index in [2.05, 4.69) is 10.3 Å². The van der Waals surface area contributed by atoms with Gasteiger partial charge in [-0.3, -0.25) is 4.98 Å². The van der Waals surface area contributed by atoms with Gasteiger partial charge in [-0.25, -0.2) is 4.39 Å². The Hall–Kier alpha value is -2.72. The van der Waals surface area contributed by atoms with Crippen LogP contribution in [0.25, 0.3) is 0 Å². The number of aromatic nitrogens is 1. The van der Waals surface area contributed by atoms with Gasteiger partial charge in [-0.15, -0.1) is 0 Å². The Balaban J connectivity index is 1.46. The standard InChI is InChI=1S/C23H23FN2O/c1-16-11-19(24)12-21(23(16)27-15-18-5-3-2-4-6-18)20-13-22(20)26-14-17-7-9-25-10-8-17/h2-12,20,22,26H,13-15H2,1H3. The molecule has 4 heteroatoms. The van der Waals surface area contributed by atoms with Crippen LogP contribution in [-0.4, -0.2) is 11.0 Å². The topological polar surface area (TPSA) is 34.2 Å². The highest BCUT2D eigenvalue weighted by Gasteiger charge is 2.40. The van der Waals surface area contributed by atoms with Crippen LogP contribution in [0.15, 0.2) is 67.0 Å². The predicted octanol–water partition coefficient (Wildman–Crippen LogP) is 4.75. The first-order valence-electron chi connectivity index (χ1n) is 9.30. The first kappa shape index (κ1) is 17.7. The lowest BCUT2D eigenvalue weighted by atomic mass is 10.0. The van der Waals surface area contributed by atoms with Gasteiger partial charge in [0.15, 0.2) is 0 Å². The van der Waals surface area contributed by atoms with E-state index in [1.165, 1.54) is 5.56 Å². The summed E-state index contributed by atoms with van der Waals surface area (Å²) in [5, 5.41) is 3.56. The molecular formula is C23H23FN2O. The number of hydrogen-bond donors (Lipinski definition) is 1. The van der Waals surface area contributed by atoms with Crippen LogP contribution in [0.4, 0.5) is 4.39 Å². The summed E-state index contributed by atoms with van der Waals surface area (Å²) < 4.78 is 20.2. The molecule has 2 atom stereocenters. The second kappa shape index (κ2) is 7.89. The lowest BCUT2D eigenvalue weighted by Gasteiger charge is -2.15. The Morgan fingerprint density at radius 3 is 2.63 bits per heavy atom. The summed E-state index contributed by atoms with van der Waals surface area (Å²) in [6, 6.07) is 17.6. The Morgan fingerprint density at radius 1 is 1.07 bits per heavy atom. The van der Waals surface area contributed by atoms with E-state index in [0.29, 0.717) is 12.6 Å². The molecule has 1 heterocycles. The third-order valence-corrected chi connectivity index (χ3v) is 5.00. The second-order valence-corrected chi connectivity index (χ2v) is 7.10. The molecule has 1 aliphatic rings. The van der Waals surface area contributed by atoms with Gasteiger partial charge in [-0.05, 0) is 54.3 Å². The van der Waals surface area contributed by atoms with E-state index in [0.717, 1.165) is 35.4 Å². The fraction of sp³-hybridized carbons (Fsp3) is 0.261. The molecular weight excluding hydrogens is 339 g/mol. The highest BCUT2D eigenvalue weighted by molar-refractivity contribution is 5.46. The molecule has 4 rings (SSSR count). The van der Waals surface area contributed by atoms with E-state index in [1.54, 1.807) is 24.5 Å². The molecule has 27 heavy (non-hydrogen) atoms. The van der Waals surface area contributed by atoms with Gasteiger partial charge < -0.3 is 10.1 Å². The summed E-state index contributed by atoms with van der Waals surface area (Å²) in [4.78, 5) is 4.04. The number of benzene rings is 2. The van der Waals surface area contributed by atoms with Crippen LogP contribution >= 0.6 is 0 Å². The molecule has 0 saturated heterocycles. The molecule has 1 N–H and O–H groups in total. The molecule has 1 aromatic heterocycles. The summed E-state index contributed by atoms with van der Waals surface area (Å²) in [5.74, 6) is 0.903. The molecule has 3 nitrogen and oxygen atoms in total. The number of hydrogen-bond acceptors (Lipinski definition) is 3. The van der Waals surface area contributed by atoms with Crippen molar-refractivity contribution in [2.45, 2.75) is 38.5 Å². The Morgan fingerprint density at radius 2 is 1.85 bits per heavy atom. The maximum Gasteiger partial charge on any atom is 0.126 e. The number of rotatable bonds is 7. The van der Waals surface area contributed by atoms with E-state index in [-0.39, 0.29) is 11.7 Å². The highest BCUT2D eigenvalue weighted by atomic mass is 19.1. The lowest BCUT2D eigenvalue weighted by molar-refractivity contribution is 0.300. The first-order valence-corrected chi connectivity index (χ1v) is 9.30. The third kappa shape index (κ3) is 4.34. The van der Waals surface area contributed by atoms with Crippen molar-refractivity contribution in [3.63, 3.8) is 0 Å². The van der Waals surface area contributed by atoms with Crippen molar-refractivity contribution in [1.82, 2.24) is 10.3 Å². The highest BCUT2D eigenvalue weighted by Crippen LogP contribution is 2.46. The minimum atomic E-state index is -0.200. The van der Waals surface area contributed by atoms with Gasteiger partial charge >= 0.3 is 0 Å². The monoisotopic (exact) mass is 362 g/mol. The van der Waals surface area contributed by atoms with Crippen molar-refractivity contribution >= 4 is 0 Å². The normalized spacial score (nSPS) is 18.3. The van der Waals surface area contributed by atoms with Gasteiger partial charge in [0, 0.05) is 36.5 Å². The average Bonchev–Trinajstić information content (AvgIpc) is 3.46. The molecule has 0 amide bonds. The van der Waals surface area contributed by atoms with E-state index in [9.17, 15) is 4.39 Å². The molecule has 1 fully saturated rings. The number of pyridine rings is 1. The minimum Gasteiger partial charge on any atom is -0.488 e. The third-order valence-electron chi connectivity index (χ3n) is 5.00. The van der Waals surface area contributed by atoms with Crippen LogP contribution < -0.4 is 10.1 Å². The molecule has 0 radical (unpaired) electrons. The van der Waals surface area contributed by atoms with Gasteiger partial charge in [0.05, 0.1) is 0 Å². The fourth-order valence-electron chi connectivity index (χ4n) is 3.47. The van der Waals surface area contributed by atoms with Crippen LogP contribution in [0.1, 0.15) is 34.6 Å². The predicted molar refractivity (Wildman–Crippen MR) is 104 cm³/mol. The summed E-state index contributed by atoms with van der Waals surface area (Å²) in [7, 11) is 0. The van der Waals surface area contributed by atoms with Gasteiger partial charge in [0.25, 0.3) is 0 Å². The summed E-state index contributed by atoms with van der Waals surface area (Å²) in [6.45, 7) is 3.19. The molecule has 138 valence electrons. The lowest BCUT2D eigenvalue weighted by Crippen LogP contribution is -2.17. The van der Waals surface area contributed by atoms with E-state index < -0.39 is 0 Å². The number of halogens is 1. The summed E-state index contributed by atoms with van der Waals surface area (Å²) in [6.07, 6.45) is 4.59. The molecule has 3 aromatic rings. The van der Waals surface area contributed by atoms with Crippen LogP contribution in [0.5, 0.6) is 5.75 Å². The zero-order valence-corrected chi connectivity index (χ0v) is 15.4. The number of nitrogens with zero attached hydrogens (tertiary/aromatic N) is 1. The number of aryl methyl sites for hydroxylation is 1. The second-order valence-electron chi connectivity index (χ2n) is 7.10. The van der Waals surface area contributed by atoms with Crippen LogP contribution in [0.2, 0.25) is 0 Å². The van der Waals surface area contributed by atoms with Gasteiger partial charge in [-0.1, -0.05) is 30.3 Å². The van der Waals surface area contributed by atoms with Crippen molar-refractivity contribution < 1.29 is 9.13 Å². The van der Waals surface area contributed by atoms with Gasteiger partial charge in [0.1, 0.15) is 18.2 Å².